The quantitative estimate of drug-likeness (QED) is 0.0121. The number of alkyl halides is 2. The van der Waals surface area contributed by atoms with Crippen LogP contribution in [-0.4, -0.2) is 208 Å². The van der Waals surface area contributed by atoms with Gasteiger partial charge >= 0.3 is 5.97 Å². The molecule has 4 aromatic carbocycles. The second-order valence-electron chi connectivity index (χ2n) is 28.0. The minimum Gasteiger partial charge on any atom is -0.748 e. The van der Waals surface area contributed by atoms with E-state index in [1.54, 1.807) is 48.5 Å². The fourth-order valence-electron chi connectivity index (χ4n) is 13.6. The number of likely N-dealkylation sites (tertiary alicyclic amines) is 1. The van der Waals surface area contributed by atoms with Crippen molar-refractivity contribution in [2.75, 3.05) is 82.2 Å². The number of carbonyl (C=O) groups is 6. The number of benzene rings is 4. The maximum atomic E-state index is 14.0. The number of fused-ring (bicyclic) bond motifs is 3. The number of nitrogens with one attached hydrogen (secondary N) is 3. The molecule has 37 heteroatoms. The number of hydrogen-bond donors (Lipinski definition) is 8. The lowest BCUT2D eigenvalue weighted by Gasteiger charge is -2.28. The summed E-state index contributed by atoms with van der Waals surface area (Å²) in [5, 5.41) is 18.2. The van der Waals surface area contributed by atoms with Gasteiger partial charge in [0.1, 0.15) is 35.9 Å². The number of primary amides is 1. The standard InChI is InChI=1S/C74H88F2N8O23S4/c1-72(2)56-42-52(110(98,99)100)19-22-60(56)82(31-5-7-38-108(92,93)94)63(72)24-14-48-10-9-11-49(15-25-64-73(3,4)57-43-53(111(101,102)103)20-23-61(57)83(64)32-6-8-39-109(95,96)97)68(48)107-50-16-12-47(13-17-50)40-59(71(90)91)81-66(86)27-33-104-36-37-105-35-30-79-65(85)28-34-106-51-18-21-58-55(41-51)54(26-29-78-58)70(89)80-45-67(87)84-46-74(75,76)44-62(84)69(77)88/h12-26,29,41-43,59,62H,5-11,27-28,30-40,44-46H2,1-4H3,(H9-,77,79,80,81,85,86,88,89,90,91,92,93,94,95,96,97,98,99,100,101,102,103)/t59-,62-/m0/s1. The van der Waals surface area contributed by atoms with Crippen molar-refractivity contribution in [3.8, 4) is 11.5 Å². The third kappa shape index (κ3) is 22.9. The van der Waals surface area contributed by atoms with Crippen LogP contribution in [0.3, 0.4) is 0 Å². The molecule has 600 valence electrons. The molecule has 0 radical (unpaired) electrons. The molecule has 31 nitrogen and oxygen atoms in total. The first-order chi connectivity index (χ1) is 52.1. The molecule has 9 N–H and O–H groups in total. The van der Waals surface area contributed by atoms with Crippen molar-refractivity contribution in [1.82, 2.24) is 25.8 Å². The highest BCUT2D eigenvalue weighted by Crippen LogP contribution is 2.49. The molecular formula is C74H88F2N8O23S4. The van der Waals surface area contributed by atoms with Gasteiger partial charge in [-0.2, -0.15) is 29.8 Å². The number of pyridine rings is 1. The first-order valence-electron chi connectivity index (χ1n) is 35.5. The van der Waals surface area contributed by atoms with Gasteiger partial charge in [-0.15, -0.1) is 0 Å². The van der Waals surface area contributed by atoms with Crippen molar-refractivity contribution in [2.45, 2.75) is 137 Å². The smallest absolute Gasteiger partial charge is 0.326 e. The summed E-state index contributed by atoms with van der Waals surface area (Å²) < 4.78 is 191. The first-order valence-corrected chi connectivity index (χ1v) is 41.5. The molecule has 5 aromatic rings. The summed E-state index contributed by atoms with van der Waals surface area (Å²) in [5.41, 5.74) is 9.26. The lowest BCUT2D eigenvalue weighted by Crippen LogP contribution is -2.47. The topological polar surface area (TPSA) is 464 Å². The summed E-state index contributed by atoms with van der Waals surface area (Å²) >= 11 is 0. The molecule has 0 spiro atoms. The number of unbranched alkanes of at least 4 members (excludes halogenated alkanes) is 2. The molecule has 0 bridgehead atoms. The van der Waals surface area contributed by atoms with Gasteiger partial charge in [0.25, 0.3) is 42.2 Å². The molecular weight excluding hydrogens is 1540 g/mol. The van der Waals surface area contributed by atoms with E-state index in [1.165, 1.54) is 42.6 Å². The molecule has 5 amide bonds. The molecule has 4 aliphatic rings. The summed E-state index contributed by atoms with van der Waals surface area (Å²) in [6, 6.07) is 18.1. The van der Waals surface area contributed by atoms with Crippen LogP contribution in [0, 0.1) is 0 Å². The summed E-state index contributed by atoms with van der Waals surface area (Å²) in [5.74, 6) is -8.45. The maximum Gasteiger partial charge on any atom is 0.326 e. The zero-order chi connectivity index (χ0) is 81.0. The second kappa shape index (κ2) is 35.9. The van der Waals surface area contributed by atoms with Crippen LogP contribution in [0.15, 0.2) is 148 Å². The van der Waals surface area contributed by atoms with Crippen LogP contribution >= 0.6 is 0 Å². The van der Waals surface area contributed by atoms with Gasteiger partial charge in [-0.1, -0.05) is 32.1 Å². The van der Waals surface area contributed by atoms with Crippen LogP contribution < -0.4 is 36.1 Å². The van der Waals surface area contributed by atoms with Crippen LogP contribution in [-0.2, 0) is 91.2 Å². The van der Waals surface area contributed by atoms with Crippen molar-refractivity contribution in [1.29, 1.82) is 0 Å². The summed E-state index contributed by atoms with van der Waals surface area (Å²) in [4.78, 5) is 82.1. The van der Waals surface area contributed by atoms with Crippen molar-refractivity contribution >= 4 is 104 Å². The SMILES string of the molecule is CC1(C)C(/C=C/C2=C(Oc3ccc(C[C@H](NC(=O)CCOCCOCCNC(=O)CCOc4ccc5nccc(C(=O)NCC(=O)N6CC(F)(F)C[C@H]6C(N)=O)c5c4)C(=O)O)cc3)C(=C/C=C3/N(CCCCS(=O)(=O)[O-])c4ccc(S(=O)(=O)O)cc4C3(C)C)/CCC2)=[N+](CCCCS(=O)(=O)O)c2ccc(S(=O)(=O)O)cc21. The Hall–Kier alpha value is -9.44. The van der Waals surface area contributed by atoms with Gasteiger partial charge in [0, 0.05) is 90.6 Å². The van der Waals surface area contributed by atoms with E-state index in [0.717, 1.165) is 0 Å². The van der Waals surface area contributed by atoms with Gasteiger partial charge in [0.15, 0.2) is 5.71 Å². The Labute approximate surface area is 641 Å². The van der Waals surface area contributed by atoms with Gasteiger partial charge in [-0.3, -0.25) is 42.6 Å². The van der Waals surface area contributed by atoms with Crippen LogP contribution in [0.1, 0.15) is 119 Å². The number of anilines is 1. The number of rotatable bonds is 38. The third-order valence-corrected chi connectivity index (χ3v) is 22.5. The number of nitrogens with zero attached hydrogens (tertiary/aromatic N) is 4. The number of carboxylic acids is 1. The third-order valence-electron chi connectivity index (χ3n) is 19.2. The van der Waals surface area contributed by atoms with Gasteiger partial charge in [0.05, 0.1) is 94.7 Å². The monoisotopic (exact) mass is 1620 g/mol. The lowest BCUT2D eigenvalue weighted by molar-refractivity contribution is -0.438. The van der Waals surface area contributed by atoms with Crippen molar-refractivity contribution < 1.29 is 118 Å². The minimum atomic E-state index is -4.65. The molecule has 0 saturated carbocycles. The highest BCUT2D eigenvalue weighted by atomic mass is 32.2. The Bertz CT molecular complexity index is 5050. The van der Waals surface area contributed by atoms with Gasteiger partial charge in [-0.05, 0) is 154 Å². The van der Waals surface area contributed by atoms with Crippen LogP contribution in [0.25, 0.3) is 10.9 Å². The number of allylic oxidation sites excluding steroid dienone is 7. The Balaban J connectivity index is 0.811. The highest BCUT2D eigenvalue weighted by Gasteiger charge is 2.50. The first kappa shape index (κ1) is 85.6. The van der Waals surface area contributed by atoms with Gasteiger partial charge in [0.2, 0.25) is 29.3 Å². The van der Waals surface area contributed by atoms with E-state index in [0.29, 0.717) is 97.2 Å². The lowest BCUT2D eigenvalue weighted by atomic mass is 9.81. The van der Waals surface area contributed by atoms with Crippen LogP contribution in [0.2, 0.25) is 0 Å². The van der Waals surface area contributed by atoms with Crippen LogP contribution in [0.4, 0.5) is 20.2 Å². The molecule has 111 heavy (non-hydrogen) atoms. The zero-order valence-electron chi connectivity index (χ0n) is 61.2. The Kier molecular flexibility index (Phi) is 27.7. The van der Waals surface area contributed by atoms with E-state index in [4.69, 9.17) is 24.7 Å². The number of ether oxygens (including phenoxy) is 4. The molecule has 2 atom stereocenters. The molecule has 4 heterocycles. The fourth-order valence-corrected chi connectivity index (χ4v) is 15.8. The number of carboxylic acid groups (broad SMARTS) is 1. The Morgan fingerprint density at radius 2 is 1.41 bits per heavy atom. The number of aromatic nitrogens is 1. The van der Waals surface area contributed by atoms with Crippen molar-refractivity contribution in [2.24, 2.45) is 5.73 Å². The predicted octanol–water partition coefficient (Wildman–Crippen LogP) is 6.35. The largest absolute Gasteiger partial charge is 0.748 e. The minimum absolute atomic E-state index is 0.0284. The maximum absolute atomic E-state index is 14.0. The van der Waals surface area contributed by atoms with E-state index in [1.807, 2.05) is 61.5 Å². The molecule has 3 aliphatic heterocycles. The number of halogens is 2. The number of hydrogen-bond acceptors (Lipinski definition) is 21. The van der Waals surface area contributed by atoms with Crippen molar-refractivity contribution in [3.63, 3.8) is 0 Å². The normalized spacial score (nSPS) is 17.8. The van der Waals surface area contributed by atoms with E-state index in [2.05, 4.69) is 20.9 Å². The molecule has 1 aromatic heterocycles. The Morgan fingerprint density at radius 1 is 0.739 bits per heavy atom. The highest BCUT2D eigenvalue weighted by molar-refractivity contribution is 7.86. The van der Waals surface area contributed by atoms with E-state index in [-0.39, 0.29) is 125 Å². The zero-order valence-corrected chi connectivity index (χ0v) is 64.5. The second-order valence-corrected chi connectivity index (χ2v) is 34.0. The molecule has 0 unspecified atom stereocenters. The van der Waals surface area contributed by atoms with Gasteiger partial charge in [-0.25, -0.2) is 22.0 Å². The van der Waals surface area contributed by atoms with Crippen molar-refractivity contribution in [3.05, 3.63) is 160 Å². The molecule has 1 aliphatic carbocycles. The number of amides is 5. The summed E-state index contributed by atoms with van der Waals surface area (Å²) in [6.45, 7) is 6.41. The summed E-state index contributed by atoms with van der Waals surface area (Å²) in [6.07, 6.45) is 9.56. The van der Waals surface area contributed by atoms with E-state index < -0.39 is 130 Å². The van der Waals surface area contributed by atoms with E-state index in [9.17, 15) is 94.5 Å². The molecule has 9 rings (SSSR count). The number of carbonyl (C=O) groups excluding carboxylic acids is 5. The Morgan fingerprint density at radius 3 is 2.08 bits per heavy atom. The molecule has 1 saturated heterocycles. The number of nitrogens with two attached hydrogens (primary N) is 1. The van der Waals surface area contributed by atoms with Gasteiger partial charge < -0.3 is 60.1 Å². The van der Waals surface area contributed by atoms with E-state index >= 15 is 0 Å². The predicted molar refractivity (Wildman–Crippen MR) is 399 cm³/mol. The molecule has 1 fully saturated rings. The summed E-state index contributed by atoms with van der Waals surface area (Å²) in [7, 11) is -18.1. The average molecular weight is 1620 g/mol. The number of aliphatic carboxylic acids is 1. The average Bonchev–Trinajstić information content (AvgIpc) is 1.59. The fraction of sp³-hybridized carbons (Fsp3) is 0.432. The van der Waals surface area contributed by atoms with Crippen LogP contribution in [0.5, 0.6) is 11.5 Å².